The molecule has 0 saturated heterocycles. The van der Waals surface area contributed by atoms with Gasteiger partial charge in [0.1, 0.15) is 17.0 Å². The number of nitrogens with zero attached hydrogens (tertiary/aromatic N) is 2. The molecule has 11 rings (SSSR count). The lowest BCUT2D eigenvalue weighted by atomic mass is 9.83. The molecule has 0 aliphatic heterocycles. The molecule has 0 N–H and O–H groups in total. The average Bonchev–Trinajstić information content (AvgIpc) is 3.89. The van der Waals surface area contributed by atoms with Crippen LogP contribution in [-0.2, 0) is 0 Å². The summed E-state index contributed by atoms with van der Waals surface area (Å²) in [6.45, 7) is 18.6. The molecule has 0 aliphatic carbocycles. The summed E-state index contributed by atoms with van der Waals surface area (Å²) in [5.41, 5.74) is 16.3. The predicted octanol–water partition coefficient (Wildman–Crippen LogP) is 17.9. The Kier molecular flexibility index (Phi) is 9.58. The molecule has 11 aromatic rings. The van der Waals surface area contributed by atoms with Crippen LogP contribution in [-0.4, -0.2) is 9.55 Å². The number of imidazole rings is 1. The number of hydrogen-bond donors (Lipinski definition) is 0. The van der Waals surface area contributed by atoms with Gasteiger partial charge in [-0.25, -0.2) is 4.98 Å². The Bertz CT molecular complexity index is 3560. The summed E-state index contributed by atoms with van der Waals surface area (Å²) in [5.74, 6) is 2.00. The first kappa shape index (κ1) is 39.8. The van der Waals surface area contributed by atoms with Gasteiger partial charge in [0, 0.05) is 16.2 Å². The van der Waals surface area contributed by atoms with Crippen molar-refractivity contribution < 1.29 is 4.42 Å². The van der Waals surface area contributed by atoms with Gasteiger partial charge in [-0.05, 0) is 132 Å². The van der Waals surface area contributed by atoms with Crippen LogP contribution in [0.4, 0.5) is 0 Å². The first-order valence-electron chi connectivity index (χ1n) is 23.2. The third-order valence-electron chi connectivity index (χ3n) is 13.7. The van der Waals surface area contributed by atoms with E-state index < -0.39 is 0 Å². The first-order chi connectivity index (χ1) is 31.1. The van der Waals surface area contributed by atoms with E-state index in [0.29, 0.717) is 11.8 Å². The summed E-state index contributed by atoms with van der Waals surface area (Å²) in [7, 11) is 0. The number of aromatic nitrogens is 2. The summed E-state index contributed by atoms with van der Waals surface area (Å²) in [6.07, 6.45) is 0. The van der Waals surface area contributed by atoms with Gasteiger partial charge >= 0.3 is 0 Å². The fourth-order valence-electron chi connectivity index (χ4n) is 10.5. The van der Waals surface area contributed by atoms with Crippen molar-refractivity contribution in [1.82, 2.24) is 9.55 Å². The Hall–Kier alpha value is -6.97. The molecule has 0 aliphatic rings. The third-order valence-corrected chi connectivity index (χ3v) is 13.7. The maximum Gasteiger partial charge on any atom is 0.149 e. The highest BCUT2D eigenvalue weighted by Crippen LogP contribution is 2.49. The van der Waals surface area contributed by atoms with Crippen LogP contribution >= 0.6 is 0 Å². The molecule has 0 unspecified atom stereocenters. The highest BCUT2D eigenvalue weighted by Gasteiger charge is 2.29. The Balaban J connectivity index is 1.32. The zero-order chi connectivity index (χ0) is 44.0. The van der Waals surface area contributed by atoms with Crippen LogP contribution in [0.25, 0.3) is 105 Å². The minimum absolute atomic E-state index is 0.231. The molecule has 0 spiro atoms. The van der Waals surface area contributed by atoms with Crippen molar-refractivity contribution in [2.24, 2.45) is 0 Å². The number of furan rings is 1. The first-order valence-corrected chi connectivity index (χ1v) is 23.2. The van der Waals surface area contributed by atoms with Gasteiger partial charge in [0.15, 0.2) is 0 Å². The lowest BCUT2D eigenvalue weighted by Crippen LogP contribution is -2.10. The number of hydrogen-bond acceptors (Lipinski definition) is 2. The van der Waals surface area contributed by atoms with Crippen molar-refractivity contribution in [3.63, 3.8) is 0 Å². The second kappa shape index (κ2) is 15.4. The molecule has 0 saturated carbocycles. The van der Waals surface area contributed by atoms with E-state index in [1.54, 1.807) is 0 Å². The molecular formula is C61H54N2O. The second-order valence-electron chi connectivity index (χ2n) is 19.0. The van der Waals surface area contributed by atoms with Crippen molar-refractivity contribution in [3.05, 3.63) is 180 Å². The summed E-state index contributed by atoms with van der Waals surface area (Å²) in [4.78, 5) is 5.70. The number of fused-ring (bicyclic) bond motifs is 9. The van der Waals surface area contributed by atoms with Crippen LogP contribution in [0.3, 0.4) is 0 Å². The maximum absolute atomic E-state index is 7.41. The van der Waals surface area contributed by atoms with E-state index in [9.17, 15) is 0 Å². The number of benzene rings is 9. The van der Waals surface area contributed by atoms with Crippen LogP contribution in [0.1, 0.15) is 101 Å². The molecule has 0 amide bonds. The summed E-state index contributed by atoms with van der Waals surface area (Å²) in [5, 5.41) is 9.47. The van der Waals surface area contributed by atoms with E-state index in [-0.39, 0.29) is 11.8 Å². The molecular weight excluding hydrogens is 777 g/mol. The third kappa shape index (κ3) is 6.27. The van der Waals surface area contributed by atoms with Crippen LogP contribution < -0.4 is 0 Å². The molecule has 2 aromatic heterocycles. The van der Waals surface area contributed by atoms with Gasteiger partial charge in [-0.15, -0.1) is 0 Å². The highest BCUT2D eigenvalue weighted by atomic mass is 16.3. The van der Waals surface area contributed by atoms with Gasteiger partial charge in [-0.1, -0.05) is 177 Å². The standard InChI is InChI=1S/C61H54N2O/c1-35(2)44-23-16-24-45(36(3)4)56(44)48-28-29-49(60-57(48)53-31-42-26-25-40-19-12-14-21-46(40)52(42)34-55(53)64-60)61-62-54-30-27-41-20-13-15-22-47(41)59(54)63(61)58-50(37(5)6)32-43(33-51(58)38(7)8)39-17-10-9-11-18-39/h9-38H,1-8H3. The molecule has 314 valence electrons. The van der Waals surface area contributed by atoms with E-state index in [0.717, 1.165) is 44.4 Å². The molecule has 2 heterocycles. The molecule has 9 aromatic carbocycles. The molecule has 3 heteroatoms. The monoisotopic (exact) mass is 830 g/mol. The molecule has 0 atom stereocenters. The fraction of sp³-hybridized carbons (Fsp3) is 0.197. The van der Waals surface area contributed by atoms with Crippen molar-refractivity contribution in [1.29, 1.82) is 0 Å². The van der Waals surface area contributed by atoms with Crippen LogP contribution in [0.5, 0.6) is 0 Å². The Labute approximate surface area is 376 Å². The Morgan fingerprint density at radius 3 is 1.69 bits per heavy atom. The van der Waals surface area contributed by atoms with Gasteiger partial charge in [0.25, 0.3) is 0 Å². The molecule has 0 radical (unpaired) electrons. The van der Waals surface area contributed by atoms with Gasteiger partial charge < -0.3 is 4.42 Å². The van der Waals surface area contributed by atoms with Crippen molar-refractivity contribution >= 4 is 65.3 Å². The summed E-state index contributed by atoms with van der Waals surface area (Å²) >= 11 is 0. The second-order valence-corrected chi connectivity index (χ2v) is 19.0. The zero-order valence-electron chi connectivity index (χ0n) is 38.1. The lowest BCUT2D eigenvalue weighted by Gasteiger charge is -2.25. The highest BCUT2D eigenvalue weighted by molar-refractivity contribution is 6.21. The van der Waals surface area contributed by atoms with E-state index in [1.165, 1.54) is 82.5 Å². The largest absolute Gasteiger partial charge is 0.455 e. The van der Waals surface area contributed by atoms with Gasteiger partial charge in [0.2, 0.25) is 0 Å². The molecule has 0 fully saturated rings. The Morgan fingerprint density at radius 2 is 1.02 bits per heavy atom. The maximum atomic E-state index is 7.41. The molecule has 3 nitrogen and oxygen atoms in total. The molecule has 0 bridgehead atoms. The topological polar surface area (TPSA) is 31.0 Å². The van der Waals surface area contributed by atoms with Crippen molar-refractivity contribution in [2.45, 2.75) is 79.1 Å². The van der Waals surface area contributed by atoms with E-state index in [4.69, 9.17) is 9.40 Å². The minimum atomic E-state index is 0.231. The zero-order valence-corrected chi connectivity index (χ0v) is 38.1. The van der Waals surface area contributed by atoms with E-state index in [1.807, 2.05) is 0 Å². The van der Waals surface area contributed by atoms with Crippen LogP contribution in [0.2, 0.25) is 0 Å². The quantitative estimate of drug-likeness (QED) is 0.143. The summed E-state index contributed by atoms with van der Waals surface area (Å²) in [6, 6.07) is 58.3. The Morgan fingerprint density at radius 1 is 0.438 bits per heavy atom. The average molecular weight is 831 g/mol. The lowest BCUT2D eigenvalue weighted by molar-refractivity contribution is 0.670. The SMILES string of the molecule is CC(C)c1cccc(C(C)C)c1-c1ccc(-c2nc3ccc4ccccc4c3n2-c2c(C(C)C)cc(-c3ccccc3)cc2C(C)C)c2oc3cc4c(ccc5ccccc54)cc3c12. The normalized spacial score (nSPS) is 12.3. The van der Waals surface area contributed by atoms with E-state index in [2.05, 4.69) is 218 Å². The van der Waals surface area contributed by atoms with E-state index >= 15 is 0 Å². The van der Waals surface area contributed by atoms with Crippen LogP contribution in [0.15, 0.2) is 162 Å². The van der Waals surface area contributed by atoms with Crippen molar-refractivity contribution in [3.8, 4) is 39.3 Å². The van der Waals surface area contributed by atoms with Crippen LogP contribution in [0, 0.1) is 0 Å². The molecule has 64 heavy (non-hydrogen) atoms. The van der Waals surface area contributed by atoms with Gasteiger partial charge in [-0.2, -0.15) is 0 Å². The summed E-state index contributed by atoms with van der Waals surface area (Å²) < 4.78 is 9.92. The smallest absolute Gasteiger partial charge is 0.149 e. The number of rotatable bonds is 8. The fourth-order valence-corrected chi connectivity index (χ4v) is 10.5. The van der Waals surface area contributed by atoms with Gasteiger partial charge in [0.05, 0.1) is 22.3 Å². The minimum Gasteiger partial charge on any atom is -0.455 e. The predicted molar refractivity (Wildman–Crippen MR) is 274 cm³/mol. The van der Waals surface area contributed by atoms with Gasteiger partial charge in [-0.3, -0.25) is 4.57 Å². The van der Waals surface area contributed by atoms with Crippen molar-refractivity contribution in [2.75, 3.05) is 0 Å².